The highest BCUT2D eigenvalue weighted by Crippen LogP contribution is 1.95. The van der Waals surface area contributed by atoms with Crippen LogP contribution in [-0.2, 0) is 11.3 Å². The highest BCUT2D eigenvalue weighted by molar-refractivity contribution is 5.81. The standard InChI is InChI=1S/C11H13N3O/c1-2-3-10(12)11(15)14-8-9-4-6-13-7-5-9/h1,4-7,10H,3,8,12H2,(H,14,15). The van der Waals surface area contributed by atoms with Crippen LogP contribution in [0.3, 0.4) is 0 Å². The highest BCUT2D eigenvalue weighted by atomic mass is 16.2. The molecule has 4 heteroatoms. The van der Waals surface area contributed by atoms with E-state index in [1.54, 1.807) is 12.4 Å². The molecule has 0 radical (unpaired) electrons. The fourth-order valence-corrected chi connectivity index (χ4v) is 1.04. The monoisotopic (exact) mass is 203 g/mol. The van der Waals surface area contributed by atoms with Crippen molar-refractivity contribution in [3.8, 4) is 12.3 Å². The van der Waals surface area contributed by atoms with Gasteiger partial charge in [0.1, 0.15) is 0 Å². The maximum Gasteiger partial charge on any atom is 0.238 e. The number of aromatic nitrogens is 1. The van der Waals surface area contributed by atoms with Gasteiger partial charge in [-0.3, -0.25) is 9.78 Å². The van der Waals surface area contributed by atoms with Crippen molar-refractivity contribution < 1.29 is 4.79 Å². The van der Waals surface area contributed by atoms with Crippen LogP contribution in [0.2, 0.25) is 0 Å². The molecule has 1 heterocycles. The zero-order valence-electron chi connectivity index (χ0n) is 8.31. The molecule has 1 rings (SSSR count). The average Bonchev–Trinajstić information content (AvgIpc) is 2.27. The van der Waals surface area contributed by atoms with Gasteiger partial charge < -0.3 is 11.1 Å². The number of hydrogen-bond acceptors (Lipinski definition) is 3. The van der Waals surface area contributed by atoms with Crippen LogP contribution in [0, 0.1) is 12.3 Å². The second-order valence-electron chi connectivity index (χ2n) is 3.09. The van der Waals surface area contributed by atoms with Gasteiger partial charge >= 0.3 is 0 Å². The second-order valence-corrected chi connectivity index (χ2v) is 3.09. The van der Waals surface area contributed by atoms with Crippen molar-refractivity contribution in [1.29, 1.82) is 0 Å². The molecule has 3 N–H and O–H groups in total. The lowest BCUT2D eigenvalue weighted by Crippen LogP contribution is -2.39. The molecule has 0 bridgehead atoms. The van der Waals surface area contributed by atoms with Crippen LogP contribution in [0.25, 0.3) is 0 Å². The summed E-state index contributed by atoms with van der Waals surface area (Å²) in [6.45, 7) is 0.444. The van der Waals surface area contributed by atoms with Gasteiger partial charge in [-0.2, -0.15) is 0 Å². The molecule has 0 fully saturated rings. The summed E-state index contributed by atoms with van der Waals surface area (Å²) in [6, 6.07) is 3.02. The Morgan fingerprint density at radius 2 is 2.27 bits per heavy atom. The van der Waals surface area contributed by atoms with Crippen molar-refractivity contribution in [3.63, 3.8) is 0 Å². The van der Waals surface area contributed by atoms with Crippen molar-refractivity contribution in [2.24, 2.45) is 5.73 Å². The van der Waals surface area contributed by atoms with E-state index in [0.29, 0.717) is 6.54 Å². The predicted octanol–water partition coefficient (Wildman–Crippen LogP) is 0.0484. The first-order valence-electron chi connectivity index (χ1n) is 4.59. The Labute approximate surface area is 88.9 Å². The summed E-state index contributed by atoms with van der Waals surface area (Å²) >= 11 is 0. The van der Waals surface area contributed by atoms with E-state index in [4.69, 9.17) is 12.2 Å². The molecule has 1 aromatic rings. The quantitative estimate of drug-likeness (QED) is 0.679. The SMILES string of the molecule is C#CCC(N)C(=O)NCc1ccncc1. The molecule has 0 saturated heterocycles. The van der Waals surface area contributed by atoms with E-state index in [0.717, 1.165) is 5.56 Å². The fourth-order valence-electron chi connectivity index (χ4n) is 1.04. The predicted molar refractivity (Wildman–Crippen MR) is 57.5 cm³/mol. The van der Waals surface area contributed by atoms with Crippen LogP contribution in [0.5, 0.6) is 0 Å². The fraction of sp³-hybridized carbons (Fsp3) is 0.273. The number of carbonyl (C=O) groups is 1. The summed E-state index contributed by atoms with van der Waals surface area (Å²) in [5.41, 5.74) is 6.50. The van der Waals surface area contributed by atoms with Crippen LogP contribution in [0.1, 0.15) is 12.0 Å². The van der Waals surface area contributed by atoms with E-state index in [1.807, 2.05) is 12.1 Å². The lowest BCUT2D eigenvalue weighted by atomic mass is 10.2. The van der Waals surface area contributed by atoms with Crippen LogP contribution >= 0.6 is 0 Å². The smallest absolute Gasteiger partial charge is 0.238 e. The molecule has 1 atom stereocenters. The van der Waals surface area contributed by atoms with E-state index in [9.17, 15) is 4.79 Å². The summed E-state index contributed by atoms with van der Waals surface area (Å²) in [7, 11) is 0. The van der Waals surface area contributed by atoms with Crippen molar-refractivity contribution in [2.45, 2.75) is 19.0 Å². The molecule has 1 unspecified atom stereocenters. The Morgan fingerprint density at radius 3 is 2.87 bits per heavy atom. The molecule has 1 aromatic heterocycles. The van der Waals surface area contributed by atoms with E-state index in [1.165, 1.54) is 0 Å². The zero-order chi connectivity index (χ0) is 11.1. The first-order valence-corrected chi connectivity index (χ1v) is 4.59. The maximum absolute atomic E-state index is 11.4. The molecule has 78 valence electrons. The number of carbonyl (C=O) groups excluding carboxylic acids is 1. The third-order valence-electron chi connectivity index (χ3n) is 1.89. The minimum atomic E-state index is -0.628. The van der Waals surface area contributed by atoms with E-state index < -0.39 is 6.04 Å². The lowest BCUT2D eigenvalue weighted by molar-refractivity contribution is -0.122. The van der Waals surface area contributed by atoms with Gasteiger partial charge in [0.2, 0.25) is 5.91 Å². The first-order chi connectivity index (χ1) is 7.24. The van der Waals surface area contributed by atoms with Gasteiger partial charge in [0, 0.05) is 25.4 Å². The minimum Gasteiger partial charge on any atom is -0.351 e. The maximum atomic E-state index is 11.4. The first kappa shape index (κ1) is 11.2. The third kappa shape index (κ3) is 3.79. The van der Waals surface area contributed by atoms with Gasteiger partial charge in [-0.05, 0) is 17.7 Å². The zero-order valence-corrected chi connectivity index (χ0v) is 8.31. The summed E-state index contributed by atoms with van der Waals surface area (Å²) in [5, 5.41) is 2.70. The Balaban J connectivity index is 2.38. The molecule has 0 aliphatic carbocycles. The molecule has 0 spiro atoms. The van der Waals surface area contributed by atoms with Crippen molar-refractivity contribution in [1.82, 2.24) is 10.3 Å². The average molecular weight is 203 g/mol. The Bertz CT molecular complexity index is 356. The lowest BCUT2D eigenvalue weighted by Gasteiger charge is -2.09. The normalized spacial score (nSPS) is 11.5. The van der Waals surface area contributed by atoms with Gasteiger partial charge in [-0.1, -0.05) is 0 Å². The molecule has 15 heavy (non-hydrogen) atoms. The molecule has 0 saturated carbocycles. The van der Waals surface area contributed by atoms with Gasteiger partial charge in [0.25, 0.3) is 0 Å². The van der Waals surface area contributed by atoms with Crippen molar-refractivity contribution >= 4 is 5.91 Å². The Morgan fingerprint density at radius 1 is 1.60 bits per heavy atom. The molecule has 0 aliphatic heterocycles. The topological polar surface area (TPSA) is 68.0 Å². The second kappa shape index (κ2) is 5.78. The Hall–Kier alpha value is -1.86. The molecule has 1 amide bonds. The summed E-state index contributed by atoms with van der Waals surface area (Å²) in [4.78, 5) is 15.2. The highest BCUT2D eigenvalue weighted by Gasteiger charge is 2.10. The molecule has 0 aromatic carbocycles. The van der Waals surface area contributed by atoms with Crippen LogP contribution < -0.4 is 11.1 Å². The van der Waals surface area contributed by atoms with Crippen molar-refractivity contribution in [3.05, 3.63) is 30.1 Å². The van der Waals surface area contributed by atoms with Gasteiger partial charge in [0.15, 0.2) is 0 Å². The Kier molecular flexibility index (Phi) is 4.32. The van der Waals surface area contributed by atoms with E-state index in [-0.39, 0.29) is 12.3 Å². The number of nitrogens with zero attached hydrogens (tertiary/aromatic N) is 1. The molecular formula is C11H13N3O. The van der Waals surface area contributed by atoms with Gasteiger partial charge in [0.05, 0.1) is 6.04 Å². The van der Waals surface area contributed by atoms with Gasteiger partial charge in [-0.15, -0.1) is 12.3 Å². The number of terminal acetylenes is 1. The van der Waals surface area contributed by atoms with Crippen molar-refractivity contribution in [2.75, 3.05) is 0 Å². The van der Waals surface area contributed by atoms with Crippen LogP contribution in [-0.4, -0.2) is 16.9 Å². The van der Waals surface area contributed by atoms with E-state index in [2.05, 4.69) is 16.2 Å². The van der Waals surface area contributed by atoms with Crippen LogP contribution in [0.15, 0.2) is 24.5 Å². The number of nitrogens with one attached hydrogen (secondary N) is 1. The largest absolute Gasteiger partial charge is 0.351 e. The number of pyridine rings is 1. The molecule has 0 aliphatic rings. The summed E-state index contributed by atoms with van der Waals surface area (Å²) < 4.78 is 0. The molecular weight excluding hydrogens is 190 g/mol. The summed E-state index contributed by atoms with van der Waals surface area (Å²) in [6.07, 6.45) is 8.65. The van der Waals surface area contributed by atoms with E-state index >= 15 is 0 Å². The number of rotatable bonds is 4. The third-order valence-corrected chi connectivity index (χ3v) is 1.89. The van der Waals surface area contributed by atoms with Crippen LogP contribution in [0.4, 0.5) is 0 Å². The minimum absolute atomic E-state index is 0.232. The number of hydrogen-bond donors (Lipinski definition) is 2. The number of nitrogens with two attached hydrogens (primary N) is 1. The summed E-state index contributed by atoms with van der Waals surface area (Å²) in [5.74, 6) is 2.12. The number of amides is 1. The molecule has 4 nitrogen and oxygen atoms in total. The van der Waals surface area contributed by atoms with Gasteiger partial charge in [-0.25, -0.2) is 0 Å².